The van der Waals surface area contributed by atoms with Crippen molar-refractivity contribution in [3.05, 3.63) is 0 Å². The zero-order valence-electron chi connectivity index (χ0n) is 12.6. The quantitative estimate of drug-likeness (QED) is 0.444. The van der Waals surface area contributed by atoms with E-state index in [1.165, 1.54) is 7.11 Å². The summed E-state index contributed by atoms with van der Waals surface area (Å²) in [6, 6.07) is -0.156. The molecule has 0 radical (unpaired) electrons. The number of hydrogen-bond donors (Lipinski definition) is 3. The molecule has 0 spiro atoms. The molecule has 8 nitrogen and oxygen atoms in total. The van der Waals surface area contributed by atoms with Crippen molar-refractivity contribution in [1.29, 1.82) is 0 Å². The lowest BCUT2D eigenvalue weighted by Crippen LogP contribution is -2.47. The monoisotopic (exact) mass is 342 g/mol. The fourth-order valence-electron chi connectivity index (χ4n) is 2.49. The van der Waals surface area contributed by atoms with E-state index in [0.717, 1.165) is 7.11 Å². The maximum absolute atomic E-state index is 11.7. The van der Waals surface area contributed by atoms with E-state index in [1.54, 1.807) is 14.2 Å². The van der Waals surface area contributed by atoms with E-state index >= 15 is 0 Å². The van der Waals surface area contributed by atoms with Crippen molar-refractivity contribution in [2.75, 3.05) is 35.0 Å². The Balaban J connectivity index is 2.88. The first-order chi connectivity index (χ1) is 9.88. The fourth-order valence-corrected chi connectivity index (χ4v) is 3.33. The Hall–Kier alpha value is -0.280. The van der Waals surface area contributed by atoms with E-state index in [1.807, 2.05) is 0 Å². The zero-order chi connectivity index (χ0) is 16.0. The van der Waals surface area contributed by atoms with Gasteiger partial charge in [-0.15, -0.1) is 0 Å². The molecule has 5 atom stereocenters. The summed E-state index contributed by atoms with van der Waals surface area (Å²) in [5, 5.41) is 6.39. The van der Waals surface area contributed by atoms with Gasteiger partial charge in [-0.2, -0.15) is 0 Å². The van der Waals surface area contributed by atoms with Crippen LogP contribution >= 0.6 is 20.0 Å². The summed E-state index contributed by atoms with van der Waals surface area (Å²) in [5.41, 5.74) is 0. The Bertz CT molecular complexity index is 399. The van der Waals surface area contributed by atoms with Gasteiger partial charge in [0.25, 0.3) is 0 Å². The molecule has 21 heavy (non-hydrogen) atoms. The smallest absolute Gasteiger partial charge is 0.384 e. The molecule has 0 saturated heterocycles. The lowest BCUT2D eigenvalue weighted by molar-refractivity contribution is -0.0282. The van der Waals surface area contributed by atoms with Gasteiger partial charge in [-0.05, 0) is 18.6 Å². The molecule has 1 saturated carbocycles. The van der Waals surface area contributed by atoms with Crippen LogP contribution in [-0.2, 0) is 23.1 Å². The second kappa shape index (κ2) is 8.38. The minimum absolute atomic E-state index is 0.118. The normalized spacial score (nSPS) is 31.7. The summed E-state index contributed by atoms with van der Waals surface area (Å²) in [4.78, 5) is 9.55. The molecule has 0 aromatic carbocycles. The van der Waals surface area contributed by atoms with E-state index < -0.39 is 20.0 Å². The Morgan fingerprint density at radius 2 is 2.05 bits per heavy atom. The molecule has 0 amide bonds. The maximum atomic E-state index is 11.7. The summed E-state index contributed by atoms with van der Waals surface area (Å²) in [6.45, 7) is 0.374. The SMILES string of the molecule is CNC(=S)N[C@@H]1C[C@H](COC)[C@H](OP(=O)(O)OC)C1OC. The highest BCUT2D eigenvalue weighted by Crippen LogP contribution is 2.48. The van der Waals surface area contributed by atoms with Gasteiger partial charge in [0.05, 0.1) is 12.6 Å². The number of phosphoric acid groups is 1. The molecule has 1 rings (SSSR count). The number of methoxy groups -OCH3 is 2. The van der Waals surface area contributed by atoms with Crippen LogP contribution in [0.4, 0.5) is 0 Å². The number of thiocarbonyl (C=S) groups is 1. The molecule has 0 aromatic heterocycles. The van der Waals surface area contributed by atoms with Gasteiger partial charge >= 0.3 is 7.82 Å². The lowest BCUT2D eigenvalue weighted by atomic mass is 10.1. The zero-order valence-corrected chi connectivity index (χ0v) is 14.3. The fraction of sp³-hybridized carbons (Fsp3) is 0.909. The number of nitrogens with one attached hydrogen (secondary N) is 2. The third-order valence-electron chi connectivity index (χ3n) is 3.42. The molecule has 124 valence electrons. The highest BCUT2D eigenvalue weighted by Gasteiger charge is 2.47. The summed E-state index contributed by atoms with van der Waals surface area (Å²) in [7, 11) is 1.79. The Morgan fingerprint density at radius 3 is 2.52 bits per heavy atom. The van der Waals surface area contributed by atoms with E-state index in [9.17, 15) is 9.46 Å². The van der Waals surface area contributed by atoms with E-state index in [0.29, 0.717) is 18.1 Å². The van der Waals surface area contributed by atoms with Crippen molar-refractivity contribution in [2.45, 2.75) is 24.7 Å². The second-order valence-electron chi connectivity index (χ2n) is 4.70. The van der Waals surface area contributed by atoms with E-state index in [2.05, 4.69) is 15.2 Å². The Morgan fingerprint density at radius 1 is 1.38 bits per heavy atom. The molecule has 1 aliphatic rings. The highest BCUT2D eigenvalue weighted by atomic mass is 32.1. The van der Waals surface area contributed by atoms with Gasteiger partial charge in [-0.25, -0.2) is 4.57 Å². The summed E-state index contributed by atoms with van der Waals surface area (Å²) >= 11 is 5.09. The van der Waals surface area contributed by atoms with Crippen molar-refractivity contribution >= 4 is 25.2 Å². The van der Waals surface area contributed by atoms with Crippen LogP contribution in [-0.4, -0.2) is 63.2 Å². The topological polar surface area (TPSA) is 98.3 Å². The van der Waals surface area contributed by atoms with E-state index in [-0.39, 0.29) is 12.0 Å². The summed E-state index contributed by atoms with van der Waals surface area (Å²) in [5.74, 6) is -0.118. The van der Waals surface area contributed by atoms with Crippen LogP contribution in [0.1, 0.15) is 6.42 Å². The van der Waals surface area contributed by atoms with E-state index in [4.69, 9.17) is 26.2 Å². The van der Waals surface area contributed by atoms with Crippen LogP contribution in [0.25, 0.3) is 0 Å². The average Bonchev–Trinajstić information content (AvgIpc) is 2.75. The van der Waals surface area contributed by atoms with Gasteiger partial charge in [0, 0.05) is 34.3 Å². The van der Waals surface area contributed by atoms with Gasteiger partial charge in [0.1, 0.15) is 12.2 Å². The minimum atomic E-state index is -4.11. The maximum Gasteiger partial charge on any atom is 0.472 e. The van der Waals surface area contributed by atoms with Crippen molar-refractivity contribution in [3.8, 4) is 0 Å². The second-order valence-corrected chi connectivity index (χ2v) is 6.62. The number of rotatable bonds is 7. The first kappa shape index (κ1) is 18.8. The number of phosphoric ester groups is 1. The molecule has 1 aliphatic carbocycles. The predicted molar refractivity (Wildman–Crippen MR) is 81.1 cm³/mol. The predicted octanol–water partition coefficient (Wildman–Crippen LogP) is 0.262. The van der Waals surface area contributed by atoms with Gasteiger partial charge in [0.2, 0.25) is 0 Å². The molecule has 0 aliphatic heterocycles. The third-order valence-corrected chi connectivity index (χ3v) is 4.72. The van der Waals surface area contributed by atoms with Crippen LogP contribution in [0.15, 0.2) is 0 Å². The number of hydrogen-bond acceptors (Lipinski definition) is 6. The molecule has 10 heteroatoms. The molecule has 0 aromatic rings. The van der Waals surface area contributed by atoms with Crippen LogP contribution in [0, 0.1) is 5.92 Å². The van der Waals surface area contributed by atoms with Gasteiger partial charge in [-0.3, -0.25) is 9.05 Å². The molecule has 0 bridgehead atoms. The molecular formula is C11H23N2O6PS. The van der Waals surface area contributed by atoms with Crippen LogP contribution in [0.3, 0.4) is 0 Å². The first-order valence-corrected chi connectivity index (χ1v) is 8.35. The molecule has 2 unspecified atom stereocenters. The van der Waals surface area contributed by atoms with Crippen LogP contribution in [0.5, 0.6) is 0 Å². The lowest BCUT2D eigenvalue weighted by Gasteiger charge is -2.27. The standard InChI is InChI=1S/C11H23N2O6PS/c1-12-11(21)13-8-5-7(6-16-2)9(10(8)17-3)19-20(14,15)18-4/h7-10H,5-6H2,1-4H3,(H,14,15)(H2,12,13,21)/t7-,8-,9+,10?/m1/s1. The van der Waals surface area contributed by atoms with Crippen molar-refractivity contribution in [2.24, 2.45) is 5.92 Å². The van der Waals surface area contributed by atoms with Crippen LogP contribution in [0.2, 0.25) is 0 Å². The Labute approximate surface area is 130 Å². The van der Waals surface area contributed by atoms with Gasteiger partial charge < -0.3 is 25.0 Å². The molecule has 3 N–H and O–H groups in total. The Kier molecular flexibility index (Phi) is 7.49. The molecular weight excluding hydrogens is 319 g/mol. The van der Waals surface area contributed by atoms with Gasteiger partial charge in [0.15, 0.2) is 5.11 Å². The minimum Gasteiger partial charge on any atom is -0.384 e. The number of ether oxygens (including phenoxy) is 2. The summed E-state index contributed by atoms with van der Waals surface area (Å²) in [6.07, 6.45) is -0.460. The van der Waals surface area contributed by atoms with Crippen molar-refractivity contribution in [3.63, 3.8) is 0 Å². The molecule has 1 fully saturated rings. The first-order valence-electron chi connectivity index (χ1n) is 6.45. The van der Waals surface area contributed by atoms with Crippen LogP contribution < -0.4 is 10.6 Å². The summed E-state index contributed by atoms with van der Waals surface area (Å²) < 4.78 is 32.0. The van der Waals surface area contributed by atoms with Gasteiger partial charge in [-0.1, -0.05) is 0 Å². The largest absolute Gasteiger partial charge is 0.472 e. The van der Waals surface area contributed by atoms with Crippen molar-refractivity contribution < 1.29 is 28.0 Å². The highest BCUT2D eigenvalue weighted by molar-refractivity contribution is 7.80. The molecule has 0 heterocycles. The average molecular weight is 342 g/mol. The van der Waals surface area contributed by atoms with Crippen molar-refractivity contribution in [1.82, 2.24) is 10.6 Å². The third kappa shape index (κ3) is 5.14.